The highest BCUT2D eigenvalue weighted by Crippen LogP contribution is 2.41. The maximum Gasteiger partial charge on any atom is 0.0468 e. The summed E-state index contributed by atoms with van der Waals surface area (Å²) in [6.07, 6.45) is 0. The smallest absolute Gasteiger partial charge is 0.0468 e. The van der Waals surface area contributed by atoms with E-state index in [1.807, 2.05) is 11.3 Å². The minimum absolute atomic E-state index is 1.14. The predicted molar refractivity (Wildman–Crippen MR) is 200 cm³/mol. The first-order chi connectivity index (χ1) is 22.8. The molecule has 46 heavy (non-hydrogen) atoms. The predicted octanol–water partition coefficient (Wildman–Crippen LogP) is 13.2. The monoisotopic (exact) mass is 603 g/mol. The van der Waals surface area contributed by atoms with Crippen molar-refractivity contribution >= 4 is 70.1 Å². The molecular weight excluding hydrogens is 575 g/mol. The maximum absolute atomic E-state index is 2.37. The molecule has 0 spiro atoms. The highest BCUT2D eigenvalue weighted by molar-refractivity contribution is 7.25. The molecule has 0 amide bonds. The van der Waals surface area contributed by atoms with Gasteiger partial charge in [-0.25, -0.2) is 0 Å². The molecule has 1 heterocycles. The fourth-order valence-electron chi connectivity index (χ4n) is 6.66. The molecule has 0 saturated carbocycles. The molecule has 216 valence electrons. The number of para-hydroxylation sites is 1. The van der Waals surface area contributed by atoms with Crippen molar-refractivity contribution in [2.24, 2.45) is 0 Å². The first-order valence-electron chi connectivity index (χ1n) is 15.7. The summed E-state index contributed by atoms with van der Waals surface area (Å²) in [5, 5.41) is 7.57. The summed E-state index contributed by atoms with van der Waals surface area (Å²) in [6.45, 7) is 0. The van der Waals surface area contributed by atoms with Crippen molar-refractivity contribution in [3.8, 4) is 22.3 Å². The van der Waals surface area contributed by atoms with Gasteiger partial charge in [-0.2, -0.15) is 0 Å². The van der Waals surface area contributed by atoms with Crippen molar-refractivity contribution in [1.82, 2.24) is 0 Å². The minimum Gasteiger partial charge on any atom is -0.310 e. The maximum atomic E-state index is 2.37. The van der Waals surface area contributed by atoms with Crippen molar-refractivity contribution in [2.75, 3.05) is 4.90 Å². The molecule has 0 N–H and O–H groups in total. The van der Waals surface area contributed by atoms with E-state index in [1.54, 1.807) is 0 Å². The van der Waals surface area contributed by atoms with E-state index < -0.39 is 0 Å². The van der Waals surface area contributed by atoms with Crippen LogP contribution < -0.4 is 4.90 Å². The normalized spacial score (nSPS) is 11.5. The summed E-state index contributed by atoms with van der Waals surface area (Å²) in [5.41, 5.74) is 8.39. The van der Waals surface area contributed by atoms with Crippen LogP contribution in [0.25, 0.3) is 64.0 Å². The number of benzene rings is 8. The molecule has 0 atom stereocenters. The van der Waals surface area contributed by atoms with Crippen LogP contribution in [0, 0.1) is 0 Å². The van der Waals surface area contributed by atoms with Crippen molar-refractivity contribution in [2.45, 2.75) is 0 Å². The molecule has 0 aliphatic carbocycles. The summed E-state index contributed by atoms with van der Waals surface area (Å²) >= 11 is 1.86. The first-order valence-corrected chi connectivity index (χ1v) is 16.5. The Bertz CT molecular complexity index is 2530. The zero-order chi connectivity index (χ0) is 30.5. The molecule has 9 rings (SSSR count). The Morgan fingerprint density at radius 1 is 0.304 bits per heavy atom. The lowest BCUT2D eigenvalue weighted by atomic mass is 9.96. The van der Waals surface area contributed by atoms with Gasteiger partial charge in [0.05, 0.1) is 0 Å². The number of hydrogen-bond acceptors (Lipinski definition) is 2. The molecular formula is C44H29NS. The Morgan fingerprint density at radius 3 is 1.50 bits per heavy atom. The number of rotatable bonds is 5. The largest absolute Gasteiger partial charge is 0.310 e. The van der Waals surface area contributed by atoms with Gasteiger partial charge in [0.1, 0.15) is 0 Å². The standard InChI is InChI=1S/C44H29NS/c1-3-9-30(10-4-1)31-15-16-33-26-34(18-17-32(33)25-31)35-19-20-37-28-39(22-21-36(37)27-35)45(38-11-5-2-6-12-38)40-23-24-44-42(29-40)41-13-7-8-14-43(41)46-44/h1-29H. The SMILES string of the molecule is c1ccc(-c2ccc3cc(-c4ccc5cc(N(c6ccccc6)c6ccc7sc8ccccc8c7c6)ccc5c4)ccc3c2)cc1. The van der Waals surface area contributed by atoms with Crippen LogP contribution in [0.3, 0.4) is 0 Å². The van der Waals surface area contributed by atoms with E-state index >= 15 is 0 Å². The van der Waals surface area contributed by atoms with Gasteiger partial charge in [0.15, 0.2) is 0 Å². The summed E-state index contributed by atoms with van der Waals surface area (Å²) in [7, 11) is 0. The summed E-state index contributed by atoms with van der Waals surface area (Å²) in [5.74, 6) is 0. The quantitative estimate of drug-likeness (QED) is 0.189. The number of thiophene rings is 1. The van der Waals surface area contributed by atoms with Crippen LogP contribution in [-0.2, 0) is 0 Å². The molecule has 0 aliphatic heterocycles. The van der Waals surface area contributed by atoms with Crippen molar-refractivity contribution in [3.05, 3.63) is 176 Å². The molecule has 9 aromatic rings. The number of hydrogen-bond donors (Lipinski definition) is 0. The molecule has 0 radical (unpaired) electrons. The second kappa shape index (κ2) is 11.0. The van der Waals surface area contributed by atoms with E-state index in [1.165, 1.54) is 64.0 Å². The van der Waals surface area contributed by atoms with Crippen LogP contribution in [0.5, 0.6) is 0 Å². The van der Waals surface area contributed by atoms with Gasteiger partial charge in [-0.3, -0.25) is 0 Å². The van der Waals surface area contributed by atoms with Gasteiger partial charge in [0, 0.05) is 37.2 Å². The third kappa shape index (κ3) is 4.72. The van der Waals surface area contributed by atoms with Gasteiger partial charge < -0.3 is 4.90 Å². The Labute approximate surface area is 272 Å². The van der Waals surface area contributed by atoms with Crippen LogP contribution in [0.4, 0.5) is 17.1 Å². The Hall–Kier alpha value is -5.70. The second-order valence-electron chi connectivity index (χ2n) is 11.8. The van der Waals surface area contributed by atoms with E-state index in [4.69, 9.17) is 0 Å². The molecule has 1 nitrogen and oxygen atoms in total. The van der Waals surface area contributed by atoms with E-state index in [-0.39, 0.29) is 0 Å². The summed E-state index contributed by atoms with van der Waals surface area (Å²) < 4.78 is 2.64. The minimum atomic E-state index is 1.14. The second-order valence-corrected chi connectivity index (χ2v) is 12.9. The van der Waals surface area contributed by atoms with Crippen molar-refractivity contribution in [1.29, 1.82) is 0 Å². The summed E-state index contributed by atoms with van der Waals surface area (Å²) in [6, 6.07) is 64.0. The van der Waals surface area contributed by atoms with Gasteiger partial charge in [-0.05, 0) is 111 Å². The molecule has 0 fully saturated rings. The van der Waals surface area contributed by atoms with Gasteiger partial charge in [-0.15, -0.1) is 11.3 Å². The topological polar surface area (TPSA) is 3.24 Å². The summed E-state index contributed by atoms with van der Waals surface area (Å²) in [4.78, 5) is 2.37. The van der Waals surface area contributed by atoms with Crippen LogP contribution >= 0.6 is 11.3 Å². The van der Waals surface area contributed by atoms with E-state index in [9.17, 15) is 0 Å². The average Bonchev–Trinajstić information content (AvgIpc) is 3.50. The molecule has 1 aromatic heterocycles. The third-order valence-corrected chi connectivity index (χ3v) is 10.1. The molecule has 2 heteroatoms. The van der Waals surface area contributed by atoms with E-state index in [2.05, 4.69) is 181 Å². The first kappa shape index (κ1) is 26.7. The molecule has 8 aromatic carbocycles. The highest BCUT2D eigenvalue weighted by Gasteiger charge is 2.15. The molecule has 0 unspecified atom stereocenters. The third-order valence-electron chi connectivity index (χ3n) is 9.00. The number of anilines is 3. The van der Waals surface area contributed by atoms with Crippen molar-refractivity contribution < 1.29 is 0 Å². The zero-order valence-corrected chi connectivity index (χ0v) is 25.9. The average molecular weight is 604 g/mol. The van der Waals surface area contributed by atoms with Crippen LogP contribution in [-0.4, -0.2) is 0 Å². The molecule has 0 bridgehead atoms. The number of nitrogens with zero attached hydrogens (tertiary/aromatic N) is 1. The molecule has 0 aliphatic rings. The number of fused-ring (bicyclic) bond motifs is 5. The molecule has 0 saturated heterocycles. The van der Waals surface area contributed by atoms with Gasteiger partial charge in [0.2, 0.25) is 0 Å². The highest BCUT2D eigenvalue weighted by atomic mass is 32.1. The fraction of sp³-hybridized carbons (Fsp3) is 0. The lowest BCUT2D eigenvalue weighted by Gasteiger charge is -2.26. The van der Waals surface area contributed by atoms with Gasteiger partial charge >= 0.3 is 0 Å². The Balaban J connectivity index is 1.09. The van der Waals surface area contributed by atoms with Crippen molar-refractivity contribution in [3.63, 3.8) is 0 Å². The van der Waals surface area contributed by atoms with E-state index in [0.717, 1.165) is 17.1 Å². The van der Waals surface area contributed by atoms with Gasteiger partial charge in [0.25, 0.3) is 0 Å². The van der Waals surface area contributed by atoms with Crippen LogP contribution in [0.2, 0.25) is 0 Å². The Kier molecular flexibility index (Phi) is 6.40. The van der Waals surface area contributed by atoms with E-state index in [0.29, 0.717) is 0 Å². The van der Waals surface area contributed by atoms with Crippen LogP contribution in [0.15, 0.2) is 176 Å². The Morgan fingerprint density at radius 2 is 0.804 bits per heavy atom. The lowest BCUT2D eigenvalue weighted by Crippen LogP contribution is -2.09. The zero-order valence-electron chi connectivity index (χ0n) is 25.1. The van der Waals surface area contributed by atoms with Gasteiger partial charge in [-0.1, -0.05) is 109 Å². The lowest BCUT2D eigenvalue weighted by molar-refractivity contribution is 1.30. The van der Waals surface area contributed by atoms with Crippen LogP contribution in [0.1, 0.15) is 0 Å². The fourth-order valence-corrected chi connectivity index (χ4v) is 7.75.